The molecule has 3 rings (SSSR count). The molecule has 0 bridgehead atoms. The number of hydrogen-bond donors (Lipinski definition) is 0. The topological polar surface area (TPSA) is 27.7 Å². The van der Waals surface area contributed by atoms with Crippen molar-refractivity contribution in [3.63, 3.8) is 0 Å². The fourth-order valence-corrected chi connectivity index (χ4v) is 9.57. The molecule has 3 aliphatic rings. The molecule has 3 heterocycles. The number of rotatable bonds is 6. The summed E-state index contributed by atoms with van der Waals surface area (Å²) in [6.45, 7) is 18.3. The van der Waals surface area contributed by atoms with E-state index in [-0.39, 0.29) is 24.4 Å². The first kappa shape index (κ1) is 25.6. The second-order valence-electron chi connectivity index (χ2n) is 9.77. The van der Waals surface area contributed by atoms with Gasteiger partial charge in [0.2, 0.25) is 0 Å². The lowest BCUT2D eigenvalue weighted by atomic mass is 10.0. The maximum atomic E-state index is 6.73. The van der Waals surface area contributed by atoms with Crippen LogP contribution in [0, 0.1) is 0 Å². The van der Waals surface area contributed by atoms with Gasteiger partial charge in [0.05, 0.1) is 36.6 Å². The fourth-order valence-electron chi connectivity index (χ4n) is 4.90. The van der Waals surface area contributed by atoms with E-state index in [4.69, 9.17) is 14.2 Å². The molecule has 0 aliphatic carbocycles. The summed E-state index contributed by atoms with van der Waals surface area (Å²) in [5, 5.41) is 4.16. The minimum absolute atomic E-state index is 0.171. The van der Waals surface area contributed by atoms with Gasteiger partial charge in [0.15, 0.2) is 0 Å². The predicted molar refractivity (Wildman–Crippen MR) is 135 cm³/mol. The average Bonchev–Trinajstić information content (AvgIpc) is 2.67. The molecule has 0 aromatic carbocycles. The Morgan fingerprint density at radius 3 is 1.60 bits per heavy atom. The molecule has 0 aromatic rings. The number of thioether (sulfide) groups is 3. The number of ether oxygens (including phenoxy) is 3. The number of hydrogen-bond acceptors (Lipinski definition) is 6. The van der Waals surface area contributed by atoms with E-state index < -0.39 is 0 Å². The molecule has 0 aromatic heterocycles. The molecule has 30 heavy (non-hydrogen) atoms. The van der Waals surface area contributed by atoms with Crippen molar-refractivity contribution in [2.24, 2.45) is 0 Å². The SMILES string of the molecule is CC1OC(C)C(CCC2OC(CCC3SC(C)C(C)SC3C)C(C)SC2C)OC1C. The first-order valence-electron chi connectivity index (χ1n) is 12.1. The van der Waals surface area contributed by atoms with E-state index in [1.54, 1.807) is 0 Å². The highest BCUT2D eigenvalue weighted by molar-refractivity contribution is 8.07. The van der Waals surface area contributed by atoms with Crippen LogP contribution in [0.25, 0.3) is 0 Å². The second kappa shape index (κ2) is 11.4. The molecule has 3 saturated heterocycles. The van der Waals surface area contributed by atoms with E-state index >= 15 is 0 Å². The van der Waals surface area contributed by atoms with Crippen LogP contribution < -0.4 is 0 Å². The van der Waals surface area contributed by atoms with Gasteiger partial charge in [-0.25, -0.2) is 0 Å². The predicted octanol–water partition coefficient (Wildman–Crippen LogP) is 6.42. The van der Waals surface area contributed by atoms with Gasteiger partial charge in [0, 0.05) is 31.5 Å². The summed E-state index contributed by atoms with van der Waals surface area (Å²) in [5.41, 5.74) is 0. The van der Waals surface area contributed by atoms with Crippen molar-refractivity contribution in [3.05, 3.63) is 0 Å². The third kappa shape index (κ3) is 6.50. The van der Waals surface area contributed by atoms with E-state index in [0.717, 1.165) is 33.8 Å². The zero-order chi connectivity index (χ0) is 22.0. The normalized spacial score (nSPS) is 50.4. The van der Waals surface area contributed by atoms with Crippen LogP contribution in [0.2, 0.25) is 0 Å². The molecule has 0 amide bonds. The van der Waals surface area contributed by atoms with Crippen LogP contribution in [-0.2, 0) is 14.2 Å². The van der Waals surface area contributed by atoms with Crippen molar-refractivity contribution < 1.29 is 14.2 Å². The van der Waals surface area contributed by atoms with E-state index in [2.05, 4.69) is 90.7 Å². The van der Waals surface area contributed by atoms with Gasteiger partial charge in [0.25, 0.3) is 0 Å². The maximum absolute atomic E-state index is 6.73. The molecular formula is C24H44O3S3. The monoisotopic (exact) mass is 476 g/mol. The highest BCUT2D eigenvalue weighted by Gasteiger charge is 2.38. The zero-order valence-corrected chi connectivity index (χ0v) is 22.7. The Bertz CT molecular complexity index is 492. The Kier molecular flexibility index (Phi) is 9.69. The van der Waals surface area contributed by atoms with Gasteiger partial charge in [-0.15, -0.1) is 0 Å². The Morgan fingerprint density at radius 2 is 0.933 bits per heavy atom. The average molecular weight is 477 g/mol. The first-order chi connectivity index (χ1) is 14.2. The van der Waals surface area contributed by atoms with Crippen LogP contribution in [-0.4, -0.2) is 68.1 Å². The highest BCUT2D eigenvalue weighted by atomic mass is 32.2. The molecule has 12 unspecified atom stereocenters. The molecule has 3 aliphatic heterocycles. The fraction of sp³-hybridized carbons (Fsp3) is 1.00. The lowest BCUT2D eigenvalue weighted by molar-refractivity contribution is -0.207. The van der Waals surface area contributed by atoms with Crippen molar-refractivity contribution in [2.75, 3.05) is 0 Å². The minimum Gasteiger partial charge on any atom is -0.373 e. The summed E-state index contributed by atoms with van der Waals surface area (Å²) in [7, 11) is 0. The van der Waals surface area contributed by atoms with Crippen LogP contribution >= 0.6 is 35.3 Å². The minimum atomic E-state index is 0.171. The van der Waals surface area contributed by atoms with Crippen LogP contribution in [0.4, 0.5) is 0 Å². The summed E-state index contributed by atoms with van der Waals surface area (Å²) >= 11 is 6.51. The first-order valence-corrected chi connectivity index (χ1v) is 14.9. The Hall–Kier alpha value is 0.930. The molecule has 12 atom stereocenters. The Balaban J connectivity index is 1.49. The van der Waals surface area contributed by atoms with Crippen LogP contribution in [0.15, 0.2) is 0 Å². The summed E-state index contributed by atoms with van der Waals surface area (Å²) < 4.78 is 19.0. The molecule has 3 fully saturated rings. The summed E-state index contributed by atoms with van der Waals surface area (Å²) in [4.78, 5) is 0. The van der Waals surface area contributed by atoms with Crippen molar-refractivity contribution >= 4 is 35.3 Å². The van der Waals surface area contributed by atoms with Gasteiger partial charge in [-0.05, 0) is 46.5 Å². The van der Waals surface area contributed by atoms with Crippen molar-refractivity contribution in [1.29, 1.82) is 0 Å². The Morgan fingerprint density at radius 1 is 0.433 bits per heavy atom. The van der Waals surface area contributed by atoms with E-state index in [1.807, 2.05) is 0 Å². The standard InChI is InChI=1S/C24H44O3S3/c1-13-14(2)26-21(15(3)25-13)9-10-22-18(6)29-19(7)23(27-22)11-12-24-20(8)28-16(4)17(5)30-24/h13-24H,9-12H2,1-8H3. The van der Waals surface area contributed by atoms with E-state index in [0.29, 0.717) is 22.7 Å². The van der Waals surface area contributed by atoms with Crippen molar-refractivity contribution in [1.82, 2.24) is 0 Å². The lowest BCUT2D eigenvalue weighted by Crippen LogP contribution is -2.47. The Labute approximate surface area is 198 Å². The van der Waals surface area contributed by atoms with Gasteiger partial charge in [-0.3, -0.25) is 0 Å². The van der Waals surface area contributed by atoms with E-state index in [1.165, 1.54) is 12.8 Å². The van der Waals surface area contributed by atoms with Crippen LogP contribution in [0.5, 0.6) is 0 Å². The zero-order valence-electron chi connectivity index (χ0n) is 20.2. The van der Waals surface area contributed by atoms with Gasteiger partial charge >= 0.3 is 0 Å². The third-order valence-corrected chi connectivity index (χ3v) is 12.5. The van der Waals surface area contributed by atoms with Crippen LogP contribution in [0.1, 0.15) is 81.1 Å². The molecular weight excluding hydrogens is 432 g/mol. The van der Waals surface area contributed by atoms with Crippen molar-refractivity contribution in [2.45, 2.75) is 149 Å². The quantitative estimate of drug-likeness (QED) is 0.439. The van der Waals surface area contributed by atoms with E-state index in [9.17, 15) is 0 Å². The summed E-state index contributed by atoms with van der Waals surface area (Å²) in [6.07, 6.45) is 5.98. The smallest absolute Gasteiger partial charge is 0.0840 e. The second-order valence-corrected chi connectivity index (χ2v) is 14.9. The van der Waals surface area contributed by atoms with Crippen LogP contribution in [0.3, 0.4) is 0 Å². The molecule has 3 nitrogen and oxygen atoms in total. The van der Waals surface area contributed by atoms with Gasteiger partial charge in [-0.2, -0.15) is 35.3 Å². The summed E-state index contributed by atoms with van der Waals surface area (Å²) in [6, 6.07) is 0. The third-order valence-electron chi connectivity index (χ3n) is 7.30. The molecule has 0 N–H and O–H groups in total. The maximum Gasteiger partial charge on any atom is 0.0840 e. The van der Waals surface area contributed by atoms with Crippen molar-refractivity contribution in [3.8, 4) is 0 Å². The molecule has 0 radical (unpaired) electrons. The lowest BCUT2D eigenvalue weighted by Gasteiger charge is -2.42. The molecule has 0 saturated carbocycles. The molecule has 6 heteroatoms. The summed E-state index contributed by atoms with van der Waals surface area (Å²) in [5.74, 6) is 0. The molecule has 176 valence electrons. The van der Waals surface area contributed by atoms with Gasteiger partial charge in [-0.1, -0.05) is 34.6 Å². The van der Waals surface area contributed by atoms with Gasteiger partial charge in [0.1, 0.15) is 0 Å². The molecule has 0 spiro atoms. The van der Waals surface area contributed by atoms with Gasteiger partial charge < -0.3 is 14.2 Å². The highest BCUT2D eigenvalue weighted by Crippen LogP contribution is 2.44. The largest absolute Gasteiger partial charge is 0.373 e.